The molecule has 3 aromatic carbocycles. The summed E-state index contributed by atoms with van der Waals surface area (Å²) in [6, 6.07) is 30.2. The van der Waals surface area contributed by atoms with Gasteiger partial charge in [-0.3, -0.25) is 0 Å². The van der Waals surface area contributed by atoms with E-state index in [0.717, 1.165) is 16.7 Å². The van der Waals surface area contributed by atoms with E-state index >= 15 is 0 Å². The summed E-state index contributed by atoms with van der Waals surface area (Å²) in [5.41, 5.74) is 3.25. The lowest BCUT2D eigenvalue weighted by Crippen LogP contribution is -2.54. The minimum atomic E-state index is -0.926. The molecule has 2 aliphatic heterocycles. The third kappa shape index (κ3) is 7.98. The average Bonchev–Trinajstić information content (AvgIpc) is 2.96. The van der Waals surface area contributed by atoms with Crippen LogP contribution in [0.2, 0.25) is 0 Å². The van der Waals surface area contributed by atoms with Gasteiger partial charge in [-0.2, -0.15) is 0 Å². The minimum Gasteiger partial charge on any atom is -0.371 e. The second kappa shape index (κ2) is 14.3. The first-order valence-electron chi connectivity index (χ1n) is 14.2. The number of aliphatic hydroxyl groups is 1. The van der Waals surface area contributed by atoms with Crippen LogP contribution in [0.1, 0.15) is 43.4 Å². The lowest BCUT2D eigenvalue weighted by molar-refractivity contribution is -0.313. The van der Waals surface area contributed by atoms with Crippen LogP contribution >= 0.6 is 0 Å². The fourth-order valence-corrected chi connectivity index (χ4v) is 5.39. The summed E-state index contributed by atoms with van der Waals surface area (Å²) in [4.78, 5) is 0. The molecule has 3 aromatic rings. The van der Waals surface area contributed by atoms with Crippen LogP contribution in [-0.4, -0.2) is 54.3 Å². The maximum absolute atomic E-state index is 10.4. The Labute approximate surface area is 236 Å². The Kier molecular flexibility index (Phi) is 10.3. The lowest BCUT2D eigenvalue weighted by atomic mass is 9.99. The van der Waals surface area contributed by atoms with Gasteiger partial charge in [0.15, 0.2) is 12.6 Å². The van der Waals surface area contributed by atoms with E-state index in [1.54, 1.807) is 0 Å². The Hall–Kier alpha value is -2.62. The predicted octanol–water partition coefficient (Wildman–Crippen LogP) is 5.39. The van der Waals surface area contributed by atoms with E-state index in [1.165, 1.54) is 0 Å². The van der Waals surface area contributed by atoms with Gasteiger partial charge < -0.3 is 33.5 Å². The highest BCUT2D eigenvalue weighted by Gasteiger charge is 2.43. The van der Waals surface area contributed by atoms with Crippen LogP contribution in [0, 0.1) is 0 Å². The molecule has 2 aliphatic rings. The van der Waals surface area contributed by atoms with Gasteiger partial charge in [0.1, 0.15) is 12.2 Å². The third-order valence-electron chi connectivity index (χ3n) is 7.46. The Morgan fingerprint density at radius 1 is 0.600 bits per heavy atom. The molecule has 0 unspecified atom stereocenters. The van der Waals surface area contributed by atoms with Gasteiger partial charge in [0.05, 0.1) is 44.2 Å². The number of aliphatic hydroxyl groups excluding tert-OH is 1. The fourth-order valence-electron chi connectivity index (χ4n) is 5.39. The van der Waals surface area contributed by atoms with Crippen molar-refractivity contribution in [2.75, 3.05) is 0 Å². The predicted molar refractivity (Wildman–Crippen MR) is 150 cm³/mol. The summed E-state index contributed by atoms with van der Waals surface area (Å²) in [6.45, 7) is 5.25. The van der Waals surface area contributed by atoms with Crippen molar-refractivity contribution in [2.24, 2.45) is 0 Å². The summed E-state index contributed by atoms with van der Waals surface area (Å²) in [7, 11) is 0. The Morgan fingerprint density at radius 3 is 1.57 bits per heavy atom. The maximum atomic E-state index is 10.4. The first-order valence-corrected chi connectivity index (χ1v) is 14.2. The average molecular weight is 549 g/mol. The van der Waals surface area contributed by atoms with Gasteiger partial charge in [0, 0.05) is 12.8 Å². The topological polar surface area (TPSA) is 75.6 Å². The van der Waals surface area contributed by atoms with Crippen molar-refractivity contribution in [2.45, 2.75) is 95.7 Å². The lowest BCUT2D eigenvalue weighted by Gasteiger charge is -2.44. The molecule has 40 heavy (non-hydrogen) atoms. The van der Waals surface area contributed by atoms with Gasteiger partial charge in [-0.15, -0.1) is 0 Å². The van der Waals surface area contributed by atoms with Gasteiger partial charge in [0.2, 0.25) is 0 Å². The zero-order chi connectivity index (χ0) is 27.7. The van der Waals surface area contributed by atoms with Crippen molar-refractivity contribution in [3.8, 4) is 0 Å². The van der Waals surface area contributed by atoms with Crippen LogP contribution in [0.4, 0.5) is 0 Å². The first kappa shape index (κ1) is 28.9. The van der Waals surface area contributed by atoms with Crippen molar-refractivity contribution in [1.82, 2.24) is 0 Å². The fraction of sp³-hybridized carbons (Fsp3) is 0.455. The molecule has 0 spiro atoms. The van der Waals surface area contributed by atoms with Crippen molar-refractivity contribution in [3.05, 3.63) is 108 Å². The number of hydrogen-bond acceptors (Lipinski definition) is 7. The Morgan fingerprint density at radius 2 is 1.05 bits per heavy atom. The third-order valence-corrected chi connectivity index (χ3v) is 7.46. The molecule has 8 atom stereocenters. The van der Waals surface area contributed by atoms with Crippen molar-refractivity contribution >= 4 is 0 Å². The van der Waals surface area contributed by atoms with E-state index in [1.807, 2.05) is 92.7 Å². The largest absolute Gasteiger partial charge is 0.371 e. The number of ether oxygens (including phenoxy) is 6. The zero-order valence-electron chi connectivity index (χ0n) is 23.2. The van der Waals surface area contributed by atoms with E-state index in [2.05, 4.69) is 12.1 Å². The Bertz CT molecular complexity index is 1130. The van der Waals surface area contributed by atoms with Crippen molar-refractivity contribution < 1.29 is 33.5 Å². The number of benzene rings is 3. The molecule has 7 heteroatoms. The molecule has 2 fully saturated rings. The molecule has 0 aliphatic carbocycles. The van der Waals surface area contributed by atoms with Gasteiger partial charge in [-0.25, -0.2) is 0 Å². The summed E-state index contributed by atoms with van der Waals surface area (Å²) >= 11 is 0. The standard InChI is InChI=1S/C33H40O7/c1-23-33(37-22-27-16-10-5-11-17-27)29(18-30(34)38-23)40-31-19-28(35-20-25-12-6-3-7-13-25)32(24(2)39-31)36-21-26-14-8-4-9-15-26/h3-17,23-24,28-34H,18-22H2,1-2H3/t23-,24-,28-,29-,30-,31+,32-,33-/m1/s1. The molecule has 0 aromatic heterocycles. The van der Waals surface area contributed by atoms with Crippen LogP contribution in [0.5, 0.6) is 0 Å². The Balaban J connectivity index is 1.26. The summed E-state index contributed by atoms with van der Waals surface area (Å²) in [5.74, 6) is 0. The molecule has 214 valence electrons. The summed E-state index contributed by atoms with van der Waals surface area (Å²) in [6.07, 6.45) is -2.58. The molecule has 2 saturated heterocycles. The molecule has 5 rings (SSSR count). The number of hydrogen-bond donors (Lipinski definition) is 1. The van der Waals surface area contributed by atoms with Crippen LogP contribution < -0.4 is 0 Å². The molecule has 0 amide bonds. The van der Waals surface area contributed by atoms with Gasteiger partial charge in [-0.05, 0) is 30.5 Å². The normalized spacial score (nSPS) is 30.7. The van der Waals surface area contributed by atoms with Crippen LogP contribution in [0.25, 0.3) is 0 Å². The van der Waals surface area contributed by atoms with Gasteiger partial charge in [0.25, 0.3) is 0 Å². The number of rotatable bonds is 11. The highest BCUT2D eigenvalue weighted by molar-refractivity contribution is 5.15. The molecule has 0 radical (unpaired) electrons. The van der Waals surface area contributed by atoms with Crippen LogP contribution in [-0.2, 0) is 48.2 Å². The van der Waals surface area contributed by atoms with Gasteiger partial charge >= 0.3 is 0 Å². The van der Waals surface area contributed by atoms with E-state index in [-0.39, 0.29) is 30.5 Å². The molecule has 0 bridgehead atoms. The monoisotopic (exact) mass is 548 g/mol. The molecular formula is C33H40O7. The van der Waals surface area contributed by atoms with E-state index in [4.69, 9.17) is 28.4 Å². The molecule has 0 saturated carbocycles. The summed E-state index contributed by atoms with van der Waals surface area (Å²) in [5, 5.41) is 10.4. The van der Waals surface area contributed by atoms with Crippen molar-refractivity contribution in [3.63, 3.8) is 0 Å². The highest BCUT2D eigenvalue weighted by Crippen LogP contribution is 2.32. The first-order chi connectivity index (χ1) is 19.5. The van der Waals surface area contributed by atoms with Crippen molar-refractivity contribution in [1.29, 1.82) is 0 Å². The molecular weight excluding hydrogens is 508 g/mol. The van der Waals surface area contributed by atoms with Gasteiger partial charge in [-0.1, -0.05) is 91.0 Å². The summed E-state index contributed by atoms with van der Waals surface area (Å²) < 4.78 is 37.7. The van der Waals surface area contributed by atoms with Crippen LogP contribution in [0.15, 0.2) is 91.0 Å². The SMILES string of the molecule is C[C@H]1O[C@@H](O[C@@H]2C[C@H](O)O[C@H](C)[C@H]2OCc2ccccc2)C[C@@H](OCc2ccccc2)[C@@H]1OCc1ccccc1. The second-order valence-corrected chi connectivity index (χ2v) is 10.6. The van der Waals surface area contributed by atoms with E-state index < -0.39 is 18.7 Å². The highest BCUT2D eigenvalue weighted by atomic mass is 16.7. The quantitative estimate of drug-likeness (QED) is 0.344. The smallest absolute Gasteiger partial charge is 0.161 e. The molecule has 2 heterocycles. The van der Waals surface area contributed by atoms with E-state index in [9.17, 15) is 5.11 Å². The maximum Gasteiger partial charge on any atom is 0.161 e. The minimum absolute atomic E-state index is 0.247. The molecule has 7 nitrogen and oxygen atoms in total. The molecule has 1 N–H and O–H groups in total. The second-order valence-electron chi connectivity index (χ2n) is 10.6. The zero-order valence-corrected chi connectivity index (χ0v) is 23.2. The van der Waals surface area contributed by atoms with E-state index in [0.29, 0.717) is 32.7 Å². The van der Waals surface area contributed by atoms with Crippen LogP contribution in [0.3, 0.4) is 0 Å².